The predicted molar refractivity (Wildman–Crippen MR) is 131 cm³/mol. The number of fused-ring (bicyclic) bond motifs is 1. The summed E-state index contributed by atoms with van der Waals surface area (Å²) in [5.41, 5.74) is 1.79. The lowest BCUT2D eigenvalue weighted by Crippen LogP contribution is -2.28. The van der Waals surface area contributed by atoms with Gasteiger partial charge in [0.1, 0.15) is 17.1 Å². The molecule has 9 nitrogen and oxygen atoms in total. The number of ether oxygens (including phenoxy) is 2. The number of hydrogen-bond acceptors (Lipinski definition) is 8. The van der Waals surface area contributed by atoms with Crippen LogP contribution in [-0.2, 0) is 25.6 Å². The molecule has 0 aliphatic carbocycles. The van der Waals surface area contributed by atoms with E-state index in [2.05, 4.69) is 10.3 Å². The van der Waals surface area contributed by atoms with Crippen LogP contribution in [0.5, 0.6) is 0 Å². The normalized spacial score (nSPS) is 10.7. The van der Waals surface area contributed by atoms with Gasteiger partial charge in [-0.1, -0.05) is 42.5 Å². The Kier molecular flexibility index (Phi) is 7.32. The number of aromatic nitrogens is 2. The van der Waals surface area contributed by atoms with E-state index in [0.29, 0.717) is 21.5 Å². The van der Waals surface area contributed by atoms with Gasteiger partial charge in [0.2, 0.25) is 0 Å². The van der Waals surface area contributed by atoms with E-state index in [9.17, 15) is 19.2 Å². The Morgan fingerprint density at radius 2 is 1.77 bits per heavy atom. The predicted octanol–water partition coefficient (Wildman–Crippen LogP) is 3.48. The maximum Gasteiger partial charge on any atom is 0.341 e. The number of nitrogens with zero attached hydrogens (tertiary/aromatic N) is 2. The van der Waals surface area contributed by atoms with Crippen molar-refractivity contribution in [3.63, 3.8) is 0 Å². The van der Waals surface area contributed by atoms with Crippen LogP contribution in [0.1, 0.15) is 17.3 Å². The summed E-state index contributed by atoms with van der Waals surface area (Å²) in [5, 5.41) is 5.03. The average Bonchev–Trinajstić information content (AvgIpc) is 3.29. The first kappa shape index (κ1) is 23.8. The van der Waals surface area contributed by atoms with Crippen LogP contribution >= 0.6 is 11.3 Å². The minimum Gasteiger partial charge on any atom is -0.462 e. The smallest absolute Gasteiger partial charge is 0.341 e. The second-order valence-corrected chi connectivity index (χ2v) is 8.22. The highest BCUT2D eigenvalue weighted by Crippen LogP contribution is 2.36. The minimum atomic E-state index is -0.777. The molecule has 2 heterocycles. The number of anilines is 1. The molecule has 35 heavy (non-hydrogen) atoms. The van der Waals surface area contributed by atoms with Crippen LogP contribution in [0, 0.1) is 0 Å². The molecule has 0 radical (unpaired) electrons. The van der Waals surface area contributed by atoms with E-state index in [-0.39, 0.29) is 17.7 Å². The van der Waals surface area contributed by atoms with Gasteiger partial charge in [0, 0.05) is 10.9 Å². The summed E-state index contributed by atoms with van der Waals surface area (Å²) < 4.78 is 11.3. The van der Waals surface area contributed by atoms with Crippen LogP contribution in [0.3, 0.4) is 0 Å². The second kappa shape index (κ2) is 10.7. The van der Waals surface area contributed by atoms with E-state index in [1.54, 1.807) is 36.6 Å². The van der Waals surface area contributed by atoms with E-state index in [1.807, 2.05) is 30.3 Å². The Balaban J connectivity index is 1.43. The van der Waals surface area contributed by atoms with Crippen LogP contribution in [-0.4, -0.2) is 40.6 Å². The summed E-state index contributed by atoms with van der Waals surface area (Å²) in [5.74, 6) is -1.97. The van der Waals surface area contributed by atoms with Gasteiger partial charge < -0.3 is 14.8 Å². The number of esters is 2. The third-order valence-corrected chi connectivity index (χ3v) is 5.90. The number of carbonyl (C=O) groups excluding carboxylic acids is 3. The Morgan fingerprint density at radius 1 is 1.03 bits per heavy atom. The lowest BCUT2D eigenvalue weighted by Gasteiger charge is -2.10. The number of carbonyl (C=O) groups is 3. The zero-order valence-corrected chi connectivity index (χ0v) is 19.5. The molecule has 0 atom stereocenters. The molecule has 1 amide bonds. The fourth-order valence-corrected chi connectivity index (χ4v) is 4.37. The third-order valence-electron chi connectivity index (χ3n) is 5.00. The molecule has 2 aromatic heterocycles. The van der Waals surface area contributed by atoms with Crippen molar-refractivity contribution in [2.75, 3.05) is 18.5 Å². The highest BCUT2D eigenvalue weighted by atomic mass is 32.1. The summed E-state index contributed by atoms with van der Waals surface area (Å²) in [6.45, 7) is 0.891. The SMILES string of the molecule is CCOC(=O)c1c(-c2ccccc2)csc1NC(=O)COC(=O)Cn1cnc2ccccc2c1=O. The number of nitrogens with one attached hydrogen (secondary N) is 1. The molecule has 0 fully saturated rings. The maximum atomic E-state index is 12.6. The number of rotatable bonds is 8. The van der Waals surface area contributed by atoms with Crippen molar-refractivity contribution in [3.8, 4) is 11.1 Å². The van der Waals surface area contributed by atoms with Gasteiger partial charge in [-0.05, 0) is 24.6 Å². The first-order valence-electron chi connectivity index (χ1n) is 10.7. The largest absolute Gasteiger partial charge is 0.462 e. The van der Waals surface area contributed by atoms with Crippen LogP contribution in [0.25, 0.3) is 22.0 Å². The molecule has 4 rings (SSSR count). The summed E-state index contributed by atoms with van der Waals surface area (Å²) in [6, 6.07) is 16.0. The van der Waals surface area contributed by atoms with E-state index in [0.717, 1.165) is 10.1 Å². The molecule has 0 saturated carbocycles. The van der Waals surface area contributed by atoms with Crippen LogP contribution < -0.4 is 10.9 Å². The number of hydrogen-bond donors (Lipinski definition) is 1. The van der Waals surface area contributed by atoms with Crippen molar-refractivity contribution in [1.82, 2.24) is 9.55 Å². The zero-order chi connectivity index (χ0) is 24.8. The van der Waals surface area contributed by atoms with Crippen molar-refractivity contribution in [2.24, 2.45) is 0 Å². The first-order valence-corrected chi connectivity index (χ1v) is 11.6. The summed E-state index contributed by atoms with van der Waals surface area (Å²) >= 11 is 1.17. The molecule has 178 valence electrons. The summed E-state index contributed by atoms with van der Waals surface area (Å²) in [7, 11) is 0. The molecule has 0 saturated heterocycles. The molecule has 10 heteroatoms. The topological polar surface area (TPSA) is 117 Å². The number of thiophene rings is 1. The minimum absolute atomic E-state index is 0.177. The molecule has 0 bridgehead atoms. The monoisotopic (exact) mass is 491 g/mol. The quantitative estimate of drug-likeness (QED) is 0.375. The number of amides is 1. The van der Waals surface area contributed by atoms with Gasteiger partial charge in [-0.15, -0.1) is 11.3 Å². The molecule has 4 aromatic rings. The Labute approximate surface area is 203 Å². The van der Waals surface area contributed by atoms with Gasteiger partial charge in [-0.25, -0.2) is 9.78 Å². The fraction of sp³-hybridized carbons (Fsp3) is 0.160. The Morgan fingerprint density at radius 3 is 2.54 bits per heavy atom. The van der Waals surface area contributed by atoms with Gasteiger partial charge in [0.05, 0.1) is 23.8 Å². The first-order chi connectivity index (χ1) is 17.0. The van der Waals surface area contributed by atoms with Crippen LogP contribution in [0.2, 0.25) is 0 Å². The van der Waals surface area contributed by atoms with Crippen molar-refractivity contribution in [3.05, 3.63) is 82.2 Å². The number of benzene rings is 2. The summed E-state index contributed by atoms with van der Waals surface area (Å²) in [6.07, 6.45) is 1.26. The van der Waals surface area contributed by atoms with Gasteiger partial charge in [0.25, 0.3) is 11.5 Å². The molecule has 1 N–H and O–H groups in total. The zero-order valence-electron chi connectivity index (χ0n) is 18.7. The molecule has 0 unspecified atom stereocenters. The highest BCUT2D eigenvalue weighted by molar-refractivity contribution is 7.15. The Hall–Kier alpha value is -4.31. The standard InChI is InChI=1S/C25H21N3O6S/c1-2-33-25(32)22-18(16-8-4-3-5-9-16)14-35-23(22)27-20(29)13-34-21(30)12-28-15-26-19-11-7-6-10-17(19)24(28)31/h3-11,14-15H,2,12-13H2,1H3,(H,27,29). The lowest BCUT2D eigenvalue weighted by atomic mass is 10.0. The molecular formula is C25H21N3O6S. The van der Waals surface area contributed by atoms with E-state index in [4.69, 9.17) is 9.47 Å². The van der Waals surface area contributed by atoms with Gasteiger partial charge in [0.15, 0.2) is 6.61 Å². The Bertz CT molecular complexity index is 1440. The van der Waals surface area contributed by atoms with Crippen molar-refractivity contribution in [2.45, 2.75) is 13.5 Å². The highest BCUT2D eigenvalue weighted by Gasteiger charge is 2.23. The maximum absolute atomic E-state index is 12.6. The lowest BCUT2D eigenvalue weighted by molar-refractivity contribution is -0.147. The summed E-state index contributed by atoms with van der Waals surface area (Å²) in [4.78, 5) is 54.0. The molecule has 0 spiro atoms. The van der Waals surface area contributed by atoms with Crippen molar-refractivity contribution in [1.29, 1.82) is 0 Å². The molecular weight excluding hydrogens is 470 g/mol. The van der Waals surface area contributed by atoms with Crippen molar-refractivity contribution >= 4 is 45.1 Å². The average molecular weight is 492 g/mol. The van der Waals surface area contributed by atoms with E-state index in [1.165, 1.54) is 17.7 Å². The fourth-order valence-electron chi connectivity index (χ4n) is 3.40. The van der Waals surface area contributed by atoms with Crippen LogP contribution in [0.4, 0.5) is 5.00 Å². The van der Waals surface area contributed by atoms with Gasteiger partial charge in [-0.2, -0.15) is 0 Å². The molecule has 0 aliphatic rings. The molecule has 2 aromatic carbocycles. The van der Waals surface area contributed by atoms with Crippen molar-refractivity contribution < 1.29 is 23.9 Å². The van der Waals surface area contributed by atoms with E-state index < -0.39 is 31.0 Å². The number of para-hydroxylation sites is 1. The van der Waals surface area contributed by atoms with Crippen LogP contribution in [0.15, 0.2) is 71.1 Å². The van der Waals surface area contributed by atoms with Gasteiger partial charge >= 0.3 is 11.9 Å². The van der Waals surface area contributed by atoms with Gasteiger partial charge in [-0.3, -0.25) is 19.0 Å². The van der Waals surface area contributed by atoms with E-state index >= 15 is 0 Å². The second-order valence-electron chi connectivity index (χ2n) is 7.34. The third kappa shape index (κ3) is 5.44. The molecule has 0 aliphatic heterocycles.